The second kappa shape index (κ2) is 7.10. The zero-order chi connectivity index (χ0) is 14.4. The van der Waals surface area contributed by atoms with E-state index in [2.05, 4.69) is 19.1 Å². The number of benzene rings is 1. The van der Waals surface area contributed by atoms with Crippen LogP contribution in [0.4, 0.5) is 0 Å². The number of rotatable bonds is 0. The Morgan fingerprint density at radius 3 is 1.95 bits per heavy atom. The van der Waals surface area contributed by atoms with Crippen LogP contribution in [-0.4, -0.2) is 13.3 Å². The van der Waals surface area contributed by atoms with Crippen LogP contribution in [0.15, 0.2) is 53.6 Å². The zero-order valence-corrected chi connectivity index (χ0v) is 12.7. The Morgan fingerprint density at radius 2 is 1.58 bits per heavy atom. The monoisotopic (exact) mass is 276 g/mol. The molecule has 1 unspecified atom stereocenters. The van der Waals surface area contributed by atoms with Gasteiger partial charge in [-0.15, -0.1) is 0 Å². The maximum atomic E-state index is 10.8. The topological polar surface area (TPSA) is 34.1 Å². The summed E-state index contributed by atoms with van der Waals surface area (Å²) in [5.74, 6) is 0.0216. The minimum Gasteiger partial charge on any atom is -0.184 e. The summed E-state index contributed by atoms with van der Waals surface area (Å²) in [6, 6.07) is 10.3. The molecule has 1 atom stereocenters. The highest BCUT2D eigenvalue weighted by atomic mass is 32.2. The quantitative estimate of drug-likeness (QED) is 0.679. The lowest BCUT2D eigenvalue weighted by molar-refractivity contribution is 0.626. The second-order valence-electron chi connectivity index (χ2n) is 4.78. The second-order valence-corrected chi connectivity index (χ2v) is 5.69. The fourth-order valence-corrected chi connectivity index (χ4v) is 2.80. The lowest BCUT2D eigenvalue weighted by Crippen LogP contribution is -2.15. The van der Waals surface area contributed by atoms with E-state index in [0.29, 0.717) is 4.86 Å². The smallest absolute Gasteiger partial charge is 0.184 e. The van der Waals surface area contributed by atoms with E-state index in [1.54, 1.807) is 0 Å². The molecule has 0 N–H and O–H groups in total. The molecule has 2 rings (SSSR count). The fourth-order valence-electron chi connectivity index (χ4n) is 2.11. The Balaban J connectivity index is 0.000000218. The summed E-state index contributed by atoms with van der Waals surface area (Å²) < 4.78 is 21.5. The van der Waals surface area contributed by atoms with Crippen molar-refractivity contribution in [1.29, 1.82) is 0 Å². The molecule has 0 heterocycles. The van der Waals surface area contributed by atoms with E-state index >= 15 is 0 Å². The first-order chi connectivity index (χ1) is 8.91. The predicted octanol–water partition coefficient (Wildman–Crippen LogP) is 3.58. The molecule has 0 amide bonds. The first kappa shape index (κ1) is 15.4. The van der Waals surface area contributed by atoms with Crippen molar-refractivity contribution in [3.05, 3.63) is 59.2 Å². The van der Waals surface area contributed by atoms with Crippen molar-refractivity contribution in [3.8, 4) is 0 Å². The van der Waals surface area contributed by atoms with Crippen molar-refractivity contribution >= 4 is 15.2 Å². The van der Waals surface area contributed by atoms with Crippen LogP contribution >= 0.6 is 0 Å². The molecule has 1 aliphatic carbocycles. The molecule has 0 saturated carbocycles. The average molecular weight is 276 g/mol. The van der Waals surface area contributed by atoms with Gasteiger partial charge in [0.1, 0.15) is 0 Å². The third kappa shape index (κ3) is 4.87. The van der Waals surface area contributed by atoms with Gasteiger partial charge >= 0.3 is 0 Å². The Bertz CT molecular complexity index is 612. The van der Waals surface area contributed by atoms with E-state index in [1.165, 1.54) is 5.56 Å². The van der Waals surface area contributed by atoms with E-state index in [9.17, 15) is 8.42 Å². The molecule has 2 nitrogen and oxygen atoms in total. The van der Waals surface area contributed by atoms with Crippen LogP contribution < -0.4 is 0 Å². The third-order valence-corrected chi connectivity index (χ3v) is 3.93. The SMILES string of the molecule is CC1=CC(C)C(=S(=O)=O)C(C)=C1.Cc1ccccc1. The molecule has 0 fully saturated rings. The van der Waals surface area contributed by atoms with Crippen molar-refractivity contribution in [2.75, 3.05) is 0 Å². The molecule has 0 aliphatic heterocycles. The van der Waals surface area contributed by atoms with Gasteiger partial charge in [0.15, 0.2) is 0 Å². The Labute approximate surface area is 117 Å². The standard InChI is InChI=1S/C9H12O2S.C7H8/c1-6-4-7(2)9(12(10)11)8(3)5-6;1-7-5-3-2-4-6-7/h4-5,7H,1-3H3;2-6H,1H3. The van der Waals surface area contributed by atoms with Crippen LogP contribution in [0.25, 0.3) is 0 Å². The molecule has 0 saturated heterocycles. The first-order valence-electron chi connectivity index (χ1n) is 6.26. The molecular weight excluding hydrogens is 256 g/mol. The molecule has 19 heavy (non-hydrogen) atoms. The first-order valence-corrected chi connectivity index (χ1v) is 7.34. The van der Waals surface area contributed by atoms with E-state index in [0.717, 1.165) is 11.1 Å². The summed E-state index contributed by atoms with van der Waals surface area (Å²) in [5.41, 5.74) is 3.31. The van der Waals surface area contributed by atoms with Gasteiger partial charge < -0.3 is 0 Å². The van der Waals surface area contributed by atoms with Gasteiger partial charge in [0, 0.05) is 5.92 Å². The number of allylic oxidation sites excluding steroid dienone is 4. The Morgan fingerprint density at radius 1 is 1.00 bits per heavy atom. The van der Waals surface area contributed by atoms with Crippen LogP contribution in [0.5, 0.6) is 0 Å². The van der Waals surface area contributed by atoms with Crippen LogP contribution in [0, 0.1) is 12.8 Å². The molecule has 0 radical (unpaired) electrons. The Hall–Kier alpha value is -1.61. The molecule has 1 aliphatic rings. The molecule has 1 aromatic rings. The van der Waals surface area contributed by atoms with Gasteiger partial charge in [0.2, 0.25) is 10.3 Å². The van der Waals surface area contributed by atoms with Gasteiger partial charge in [-0.1, -0.05) is 60.5 Å². The van der Waals surface area contributed by atoms with E-state index in [4.69, 9.17) is 0 Å². The maximum absolute atomic E-state index is 10.8. The number of aryl methyl sites for hydroxylation is 1. The Kier molecular flexibility index (Phi) is 5.77. The van der Waals surface area contributed by atoms with Crippen molar-refractivity contribution in [1.82, 2.24) is 0 Å². The summed E-state index contributed by atoms with van der Waals surface area (Å²) in [6.07, 6.45) is 3.85. The molecule has 0 aromatic heterocycles. The predicted molar refractivity (Wildman–Crippen MR) is 81.8 cm³/mol. The highest BCUT2D eigenvalue weighted by molar-refractivity contribution is 7.73. The van der Waals surface area contributed by atoms with Gasteiger partial charge in [-0.2, -0.15) is 8.42 Å². The van der Waals surface area contributed by atoms with E-state index in [-0.39, 0.29) is 5.92 Å². The fraction of sp³-hybridized carbons (Fsp3) is 0.312. The zero-order valence-electron chi connectivity index (χ0n) is 11.8. The molecule has 0 spiro atoms. The van der Waals surface area contributed by atoms with Crippen molar-refractivity contribution < 1.29 is 8.42 Å². The molecule has 0 bridgehead atoms. The normalized spacial score (nSPS) is 17.9. The summed E-state index contributed by atoms with van der Waals surface area (Å²) >= 11 is 0. The van der Waals surface area contributed by atoms with Gasteiger partial charge in [0.25, 0.3) is 0 Å². The molecule has 102 valence electrons. The highest BCUT2D eigenvalue weighted by Gasteiger charge is 2.15. The van der Waals surface area contributed by atoms with Crippen LogP contribution in [0.2, 0.25) is 0 Å². The van der Waals surface area contributed by atoms with Gasteiger partial charge in [-0.05, 0) is 26.3 Å². The van der Waals surface area contributed by atoms with Crippen LogP contribution in [0.3, 0.4) is 0 Å². The highest BCUT2D eigenvalue weighted by Crippen LogP contribution is 2.18. The summed E-state index contributed by atoms with van der Waals surface area (Å²) in [5, 5.41) is 0. The largest absolute Gasteiger partial charge is 0.218 e. The van der Waals surface area contributed by atoms with E-state index < -0.39 is 10.3 Å². The molecular formula is C16H20O2S. The van der Waals surface area contributed by atoms with Gasteiger partial charge in [-0.25, -0.2) is 0 Å². The lowest BCUT2D eigenvalue weighted by atomic mass is 9.93. The van der Waals surface area contributed by atoms with Crippen LogP contribution in [-0.2, 0) is 10.3 Å². The van der Waals surface area contributed by atoms with Gasteiger partial charge in [0.05, 0.1) is 4.86 Å². The minimum absolute atomic E-state index is 0.0216. The lowest BCUT2D eigenvalue weighted by Gasteiger charge is -2.14. The summed E-state index contributed by atoms with van der Waals surface area (Å²) in [4.78, 5) is 0.514. The van der Waals surface area contributed by atoms with Crippen molar-refractivity contribution in [2.24, 2.45) is 5.92 Å². The number of hydrogen-bond acceptors (Lipinski definition) is 2. The minimum atomic E-state index is -2.07. The van der Waals surface area contributed by atoms with E-state index in [1.807, 2.05) is 51.1 Å². The maximum Gasteiger partial charge on any atom is 0.218 e. The van der Waals surface area contributed by atoms with Gasteiger partial charge in [-0.3, -0.25) is 0 Å². The van der Waals surface area contributed by atoms with Crippen molar-refractivity contribution in [2.45, 2.75) is 27.7 Å². The summed E-state index contributed by atoms with van der Waals surface area (Å²) in [6.45, 7) is 7.79. The summed E-state index contributed by atoms with van der Waals surface area (Å²) in [7, 11) is -2.07. The molecule has 3 heteroatoms. The third-order valence-electron chi connectivity index (χ3n) is 2.88. The number of hydrogen-bond donors (Lipinski definition) is 0. The van der Waals surface area contributed by atoms with Crippen LogP contribution in [0.1, 0.15) is 26.3 Å². The van der Waals surface area contributed by atoms with Crippen molar-refractivity contribution in [3.63, 3.8) is 0 Å². The molecule has 1 aromatic carbocycles. The average Bonchev–Trinajstić information content (AvgIpc) is 2.28.